The lowest BCUT2D eigenvalue weighted by atomic mass is 9.92. The molecule has 0 spiro atoms. The fourth-order valence-corrected chi connectivity index (χ4v) is 5.06. The quantitative estimate of drug-likeness (QED) is 0.672. The average molecular weight is 397 g/mol. The van der Waals surface area contributed by atoms with Crippen LogP contribution < -0.4 is 4.90 Å². The summed E-state index contributed by atoms with van der Waals surface area (Å²) < 4.78 is 5.94. The number of rotatable bonds is 3. The lowest BCUT2D eigenvalue weighted by molar-refractivity contribution is -0.137. The van der Waals surface area contributed by atoms with Crippen molar-refractivity contribution in [2.75, 3.05) is 31.1 Å². The topological polar surface area (TPSA) is 62.5 Å². The fraction of sp³-hybridized carbons (Fsp3) is 0.476. The van der Waals surface area contributed by atoms with Crippen LogP contribution in [0.2, 0.25) is 0 Å². The molecule has 5 rings (SSSR count). The van der Waals surface area contributed by atoms with Gasteiger partial charge in [-0.15, -0.1) is 11.3 Å². The Labute approximate surface area is 168 Å². The number of likely N-dealkylation sites (tertiary alicyclic amines) is 1. The zero-order valence-electron chi connectivity index (χ0n) is 15.8. The standard InChI is InChI=1S/C21H24N4O2S/c26-20(16-7-12-25(13-8-16)21-22-9-14-28-21)24-10-5-15(6-11-24)19-23-17-3-1-2-4-18(17)27-19/h1-4,9,14-16H,5-8,10-13H2. The highest BCUT2D eigenvalue weighted by atomic mass is 32.1. The Morgan fingerprint density at radius 2 is 1.86 bits per heavy atom. The first-order valence-corrected chi connectivity index (χ1v) is 10.9. The minimum atomic E-state index is 0.150. The molecule has 0 N–H and O–H groups in total. The van der Waals surface area contributed by atoms with Crippen molar-refractivity contribution in [1.29, 1.82) is 0 Å². The number of amides is 1. The van der Waals surface area contributed by atoms with E-state index in [1.807, 2.05) is 35.8 Å². The number of piperidine rings is 2. The van der Waals surface area contributed by atoms with Gasteiger partial charge in [-0.1, -0.05) is 12.1 Å². The first kappa shape index (κ1) is 17.7. The Morgan fingerprint density at radius 3 is 2.57 bits per heavy atom. The van der Waals surface area contributed by atoms with E-state index in [0.717, 1.165) is 74.0 Å². The minimum Gasteiger partial charge on any atom is -0.440 e. The Hall–Kier alpha value is -2.41. The van der Waals surface area contributed by atoms with Gasteiger partial charge in [-0.3, -0.25) is 4.79 Å². The van der Waals surface area contributed by atoms with Gasteiger partial charge in [-0.2, -0.15) is 0 Å². The monoisotopic (exact) mass is 396 g/mol. The molecule has 3 aromatic rings. The highest BCUT2D eigenvalue weighted by Crippen LogP contribution is 2.32. The summed E-state index contributed by atoms with van der Waals surface area (Å²) in [7, 11) is 0. The molecular formula is C21H24N4O2S. The summed E-state index contributed by atoms with van der Waals surface area (Å²) in [6.07, 6.45) is 5.54. The van der Waals surface area contributed by atoms with Gasteiger partial charge in [-0.05, 0) is 37.8 Å². The van der Waals surface area contributed by atoms with Gasteiger partial charge >= 0.3 is 0 Å². The summed E-state index contributed by atoms with van der Waals surface area (Å²) >= 11 is 1.67. The molecule has 0 bridgehead atoms. The number of carbonyl (C=O) groups excluding carboxylic acids is 1. The third-order valence-corrected chi connectivity index (χ3v) is 6.83. The molecule has 0 atom stereocenters. The van der Waals surface area contributed by atoms with Gasteiger partial charge in [-0.25, -0.2) is 9.97 Å². The van der Waals surface area contributed by atoms with Crippen LogP contribution >= 0.6 is 11.3 Å². The lowest BCUT2D eigenvalue weighted by Crippen LogP contribution is -2.45. The molecule has 2 fully saturated rings. The summed E-state index contributed by atoms with van der Waals surface area (Å²) in [5.41, 5.74) is 1.77. The zero-order valence-corrected chi connectivity index (χ0v) is 16.6. The third-order valence-electron chi connectivity index (χ3n) is 6.00. The maximum Gasteiger partial charge on any atom is 0.225 e. The molecular weight excluding hydrogens is 372 g/mol. The molecule has 0 radical (unpaired) electrons. The largest absolute Gasteiger partial charge is 0.440 e. The molecule has 1 amide bonds. The summed E-state index contributed by atoms with van der Waals surface area (Å²) in [5.74, 6) is 1.61. The molecule has 2 aliphatic heterocycles. The molecule has 7 heteroatoms. The number of benzene rings is 1. The minimum absolute atomic E-state index is 0.150. The van der Waals surface area contributed by atoms with Gasteiger partial charge in [0.15, 0.2) is 16.6 Å². The molecule has 146 valence electrons. The van der Waals surface area contributed by atoms with Crippen molar-refractivity contribution >= 4 is 33.5 Å². The average Bonchev–Trinajstić information content (AvgIpc) is 3.43. The summed E-state index contributed by atoms with van der Waals surface area (Å²) in [6, 6.07) is 7.90. The van der Waals surface area contributed by atoms with Crippen LogP contribution in [-0.2, 0) is 4.79 Å². The van der Waals surface area contributed by atoms with Gasteiger partial charge < -0.3 is 14.2 Å². The normalized spacial score (nSPS) is 19.4. The van der Waals surface area contributed by atoms with E-state index in [1.54, 1.807) is 11.3 Å². The molecule has 4 heterocycles. The number of anilines is 1. The predicted molar refractivity (Wildman–Crippen MR) is 110 cm³/mol. The van der Waals surface area contributed by atoms with Crippen LogP contribution in [0.25, 0.3) is 11.1 Å². The smallest absolute Gasteiger partial charge is 0.225 e. The van der Waals surface area contributed by atoms with Crippen molar-refractivity contribution in [3.8, 4) is 0 Å². The second-order valence-corrected chi connectivity index (χ2v) is 8.57. The van der Waals surface area contributed by atoms with E-state index in [-0.39, 0.29) is 5.92 Å². The maximum absolute atomic E-state index is 13.0. The van der Waals surface area contributed by atoms with E-state index < -0.39 is 0 Å². The Bertz CT molecular complexity index is 905. The number of carbonyl (C=O) groups is 1. The number of aromatic nitrogens is 2. The first-order valence-electron chi connectivity index (χ1n) is 10.1. The van der Waals surface area contributed by atoms with E-state index in [2.05, 4.69) is 19.8 Å². The number of thiazole rings is 1. The summed E-state index contributed by atoms with van der Waals surface area (Å²) in [4.78, 5) is 26.4. The van der Waals surface area contributed by atoms with Gasteiger partial charge in [0.25, 0.3) is 0 Å². The molecule has 6 nitrogen and oxygen atoms in total. The Morgan fingerprint density at radius 1 is 1.07 bits per heavy atom. The van der Waals surface area contributed by atoms with Crippen molar-refractivity contribution in [3.05, 3.63) is 41.7 Å². The molecule has 2 aliphatic rings. The maximum atomic E-state index is 13.0. The van der Waals surface area contributed by atoms with Crippen LogP contribution in [0.15, 0.2) is 40.3 Å². The van der Waals surface area contributed by atoms with E-state index in [9.17, 15) is 4.79 Å². The SMILES string of the molecule is O=C(C1CCN(c2nccs2)CC1)N1CCC(c2nc3ccccc3o2)CC1. The van der Waals surface area contributed by atoms with Crippen LogP contribution in [0, 0.1) is 5.92 Å². The summed E-state index contributed by atoms with van der Waals surface area (Å²) in [6.45, 7) is 3.44. The number of para-hydroxylation sites is 2. The Balaban J connectivity index is 1.16. The molecule has 28 heavy (non-hydrogen) atoms. The molecule has 1 aromatic carbocycles. The van der Waals surface area contributed by atoms with Crippen molar-refractivity contribution in [1.82, 2.24) is 14.9 Å². The lowest BCUT2D eigenvalue weighted by Gasteiger charge is -2.36. The molecule has 2 saturated heterocycles. The van der Waals surface area contributed by atoms with E-state index >= 15 is 0 Å². The van der Waals surface area contributed by atoms with Crippen LogP contribution in [-0.4, -0.2) is 47.0 Å². The van der Waals surface area contributed by atoms with E-state index in [0.29, 0.717) is 11.8 Å². The molecule has 0 saturated carbocycles. The van der Waals surface area contributed by atoms with Crippen molar-refractivity contribution in [2.45, 2.75) is 31.6 Å². The van der Waals surface area contributed by atoms with Gasteiger partial charge in [0.05, 0.1) is 0 Å². The van der Waals surface area contributed by atoms with Crippen LogP contribution in [0.4, 0.5) is 5.13 Å². The number of hydrogen-bond donors (Lipinski definition) is 0. The van der Waals surface area contributed by atoms with Crippen LogP contribution in [0.5, 0.6) is 0 Å². The van der Waals surface area contributed by atoms with Crippen LogP contribution in [0.1, 0.15) is 37.5 Å². The highest BCUT2D eigenvalue weighted by molar-refractivity contribution is 7.13. The molecule has 2 aromatic heterocycles. The second kappa shape index (κ2) is 7.54. The Kier molecular flexibility index (Phi) is 4.76. The van der Waals surface area contributed by atoms with Gasteiger partial charge in [0.2, 0.25) is 5.91 Å². The van der Waals surface area contributed by atoms with E-state index in [4.69, 9.17) is 4.42 Å². The number of nitrogens with zero attached hydrogens (tertiary/aromatic N) is 4. The van der Waals surface area contributed by atoms with Crippen molar-refractivity contribution in [3.63, 3.8) is 0 Å². The number of hydrogen-bond acceptors (Lipinski definition) is 6. The molecule has 0 unspecified atom stereocenters. The number of oxazole rings is 1. The van der Waals surface area contributed by atoms with Crippen LogP contribution in [0.3, 0.4) is 0 Å². The first-order chi connectivity index (χ1) is 13.8. The van der Waals surface area contributed by atoms with Gasteiger partial charge in [0.1, 0.15) is 5.52 Å². The summed E-state index contributed by atoms with van der Waals surface area (Å²) in [5, 5.41) is 3.08. The highest BCUT2D eigenvalue weighted by Gasteiger charge is 2.32. The number of fused-ring (bicyclic) bond motifs is 1. The van der Waals surface area contributed by atoms with E-state index in [1.165, 1.54) is 0 Å². The molecule has 0 aliphatic carbocycles. The predicted octanol–water partition coefficient (Wildman–Crippen LogP) is 3.91. The third kappa shape index (κ3) is 3.39. The van der Waals surface area contributed by atoms with Gasteiger partial charge in [0, 0.05) is 49.6 Å². The van der Waals surface area contributed by atoms with Crippen molar-refractivity contribution < 1.29 is 9.21 Å². The fourth-order valence-electron chi connectivity index (χ4n) is 4.36. The zero-order chi connectivity index (χ0) is 18.9. The second-order valence-electron chi connectivity index (χ2n) is 7.70. The van der Waals surface area contributed by atoms with Crippen molar-refractivity contribution in [2.24, 2.45) is 5.92 Å².